The summed E-state index contributed by atoms with van der Waals surface area (Å²) >= 11 is 0. The molecule has 2 heterocycles. The molecular weight excluding hydrogens is 414 g/mol. The van der Waals surface area contributed by atoms with Crippen molar-refractivity contribution >= 4 is 27.8 Å². The molecule has 0 saturated carbocycles. The van der Waals surface area contributed by atoms with Crippen molar-refractivity contribution in [2.75, 3.05) is 0 Å². The van der Waals surface area contributed by atoms with Crippen molar-refractivity contribution in [3.8, 4) is 0 Å². The van der Waals surface area contributed by atoms with Gasteiger partial charge in [0.2, 0.25) is 5.91 Å². The number of nitrogens with zero attached hydrogens (tertiary/aromatic N) is 1. The predicted octanol–water partition coefficient (Wildman–Crippen LogP) is 4.90. The van der Waals surface area contributed by atoms with Crippen molar-refractivity contribution in [3.63, 3.8) is 0 Å². The number of furan rings is 1. The van der Waals surface area contributed by atoms with E-state index >= 15 is 0 Å². The van der Waals surface area contributed by atoms with E-state index in [1.807, 2.05) is 78.9 Å². The SMILES string of the molecule is O=C(CCCc1nc2ccccc2c(=O)[nH]1)N[C@@H](c1ccccc1)c1cc2ccccc2o1. The average Bonchev–Trinajstić information content (AvgIpc) is 3.27. The number of nitrogens with one attached hydrogen (secondary N) is 2. The predicted molar refractivity (Wildman–Crippen MR) is 128 cm³/mol. The van der Waals surface area contributed by atoms with Crippen LogP contribution < -0.4 is 10.9 Å². The minimum Gasteiger partial charge on any atom is -0.459 e. The molecule has 0 bridgehead atoms. The third-order valence-electron chi connectivity index (χ3n) is 5.65. The first-order chi connectivity index (χ1) is 16.2. The van der Waals surface area contributed by atoms with Gasteiger partial charge in [0.25, 0.3) is 5.56 Å². The summed E-state index contributed by atoms with van der Waals surface area (Å²) in [6.07, 6.45) is 1.38. The molecule has 0 spiro atoms. The highest BCUT2D eigenvalue weighted by atomic mass is 16.3. The Hall–Kier alpha value is -4.19. The monoisotopic (exact) mass is 437 g/mol. The smallest absolute Gasteiger partial charge is 0.258 e. The quantitative estimate of drug-likeness (QED) is 0.379. The van der Waals surface area contributed by atoms with Crippen LogP contribution in [0.4, 0.5) is 0 Å². The summed E-state index contributed by atoms with van der Waals surface area (Å²) in [7, 11) is 0. The molecule has 0 unspecified atom stereocenters. The highest BCUT2D eigenvalue weighted by molar-refractivity contribution is 5.80. The standard InChI is InChI=1S/C27H23N3O3/c31-25(16-8-15-24-28-21-13-6-5-12-20(21)27(32)29-24)30-26(18-9-2-1-3-10-18)23-17-19-11-4-7-14-22(19)33-23/h1-7,9-14,17,26H,8,15-16H2,(H,30,31)(H,28,29,32)/t26-/m0/s1. The molecule has 0 aliphatic heterocycles. The summed E-state index contributed by atoms with van der Waals surface area (Å²) in [4.78, 5) is 32.4. The Bertz CT molecular complexity index is 1440. The third kappa shape index (κ3) is 4.55. The van der Waals surface area contributed by atoms with Gasteiger partial charge < -0.3 is 14.7 Å². The maximum atomic E-state index is 12.8. The van der Waals surface area contributed by atoms with Crippen LogP contribution in [-0.4, -0.2) is 15.9 Å². The fourth-order valence-corrected chi connectivity index (χ4v) is 4.01. The second-order valence-corrected chi connectivity index (χ2v) is 7.98. The lowest BCUT2D eigenvalue weighted by atomic mass is 10.0. The van der Waals surface area contributed by atoms with Crippen molar-refractivity contribution in [1.29, 1.82) is 0 Å². The fraction of sp³-hybridized carbons (Fsp3) is 0.148. The van der Waals surface area contributed by atoms with Gasteiger partial charge >= 0.3 is 0 Å². The zero-order valence-electron chi connectivity index (χ0n) is 18.0. The Morgan fingerprint density at radius 3 is 2.58 bits per heavy atom. The molecule has 6 heteroatoms. The van der Waals surface area contributed by atoms with Crippen LogP contribution >= 0.6 is 0 Å². The van der Waals surface area contributed by atoms with Crippen LogP contribution in [0.25, 0.3) is 21.9 Å². The third-order valence-corrected chi connectivity index (χ3v) is 5.65. The number of hydrogen-bond donors (Lipinski definition) is 2. The number of aromatic nitrogens is 2. The number of aromatic amines is 1. The Morgan fingerprint density at radius 1 is 0.970 bits per heavy atom. The van der Waals surface area contributed by atoms with E-state index in [4.69, 9.17) is 4.42 Å². The molecule has 5 aromatic rings. The lowest BCUT2D eigenvalue weighted by molar-refractivity contribution is -0.121. The van der Waals surface area contributed by atoms with E-state index in [1.165, 1.54) is 0 Å². The topological polar surface area (TPSA) is 88.0 Å². The molecule has 1 atom stereocenters. The molecule has 2 N–H and O–H groups in total. The number of aryl methyl sites for hydroxylation is 1. The van der Waals surface area contributed by atoms with Crippen molar-refractivity contribution in [2.24, 2.45) is 0 Å². The number of H-pyrrole nitrogens is 1. The zero-order chi connectivity index (χ0) is 22.6. The number of rotatable bonds is 7. The van der Waals surface area contributed by atoms with Gasteiger partial charge in [0.15, 0.2) is 0 Å². The van der Waals surface area contributed by atoms with Crippen LogP contribution in [-0.2, 0) is 11.2 Å². The number of carbonyl (C=O) groups excluding carboxylic acids is 1. The lowest BCUT2D eigenvalue weighted by Gasteiger charge is -2.17. The molecule has 0 aliphatic rings. The highest BCUT2D eigenvalue weighted by Crippen LogP contribution is 2.28. The van der Waals surface area contributed by atoms with E-state index in [0.29, 0.717) is 41.8 Å². The minimum absolute atomic E-state index is 0.0903. The largest absolute Gasteiger partial charge is 0.459 e. The van der Waals surface area contributed by atoms with Crippen LogP contribution in [0, 0.1) is 0 Å². The van der Waals surface area contributed by atoms with Crippen molar-refractivity contribution in [1.82, 2.24) is 15.3 Å². The Balaban J connectivity index is 1.29. The van der Waals surface area contributed by atoms with Gasteiger partial charge in [0.05, 0.1) is 10.9 Å². The second-order valence-electron chi connectivity index (χ2n) is 7.98. The molecule has 2 aromatic heterocycles. The first-order valence-corrected chi connectivity index (χ1v) is 11.0. The fourth-order valence-electron chi connectivity index (χ4n) is 4.01. The summed E-state index contributed by atoms with van der Waals surface area (Å²) < 4.78 is 6.05. The summed E-state index contributed by atoms with van der Waals surface area (Å²) in [5.41, 5.74) is 2.24. The minimum atomic E-state index is -0.385. The van der Waals surface area contributed by atoms with Crippen molar-refractivity contribution in [2.45, 2.75) is 25.3 Å². The molecule has 0 saturated heterocycles. The summed E-state index contributed by atoms with van der Waals surface area (Å²) in [5.74, 6) is 1.19. The van der Waals surface area contributed by atoms with Crippen LogP contribution in [0.5, 0.6) is 0 Å². The number of benzene rings is 3. The number of para-hydroxylation sites is 2. The molecule has 1 amide bonds. The van der Waals surface area contributed by atoms with Gasteiger partial charge in [0.1, 0.15) is 23.2 Å². The maximum absolute atomic E-state index is 12.8. The van der Waals surface area contributed by atoms with Gasteiger partial charge in [0, 0.05) is 18.2 Å². The van der Waals surface area contributed by atoms with Gasteiger partial charge in [-0.05, 0) is 36.2 Å². The number of fused-ring (bicyclic) bond motifs is 2. The molecule has 164 valence electrons. The second kappa shape index (κ2) is 9.12. The summed E-state index contributed by atoms with van der Waals surface area (Å²) in [5, 5.41) is 4.67. The molecule has 0 fully saturated rings. The normalized spacial score (nSPS) is 12.1. The molecule has 5 rings (SSSR count). The van der Waals surface area contributed by atoms with Gasteiger partial charge in [-0.1, -0.05) is 60.7 Å². The van der Waals surface area contributed by atoms with Gasteiger partial charge in [-0.25, -0.2) is 4.98 Å². The highest BCUT2D eigenvalue weighted by Gasteiger charge is 2.20. The summed E-state index contributed by atoms with van der Waals surface area (Å²) in [6.45, 7) is 0. The molecule has 3 aromatic carbocycles. The zero-order valence-corrected chi connectivity index (χ0v) is 18.0. The van der Waals surface area contributed by atoms with Crippen LogP contribution in [0.1, 0.15) is 36.0 Å². The van der Waals surface area contributed by atoms with Crippen molar-refractivity contribution < 1.29 is 9.21 Å². The van der Waals surface area contributed by atoms with E-state index in [2.05, 4.69) is 15.3 Å². The van der Waals surface area contributed by atoms with E-state index in [9.17, 15) is 9.59 Å². The molecule has 0 radical (unpaired) electrons. The Morgan fingerprint density at radius 2 is 1.73 bits per heavy atom. The van der Waals surface area contributed by atoms with E-state index in [1.54, 1.807) is 6.07 Å². The lowest BCUT2D eigenvalue weighted by Crippen LogP contribution is -2.29. The number of amides is 1. The van der Waals surface area contributed by atoms with E-state index in [-0.39, 0.29) is 17.5 Å². The van der Waals surface area contributed by atoms with E-state index in [0.717, 1.165) is 16.5 Å². The number of carbonyl (C=O) groups is 1. The maximum Gasteiger partial charge on any atom is 0.258 e. The molecule has 6 nitrogen and oxygen atoms in total. The molecular formula is C27H23N3O3. The first-order valence-electron chi connectivity index (χ1n) is 11.0. The Kier molecular flexibility index (Phi) is 5.72. The van der Waals surface area contributed by atoms with Crippen molar-refractivity contribution in [3.05, 3.63) is 112 Å². The van der Waals surface area contributed by atoms with Gasteiger partial charge in [-0.2, -0.15) is 0 Å². The van der Waals surface area contributed by atoms with E-state index < -0.39 is 0 Å². The molecule has 33 heavy (non-hydrogen) atoms. The van der Waals surface area contributed by atoms with Gasteiger partial charge in [-0.3, -0.25) is 9.59 Å². The number of hydrogen-bond acceptors (Lipinski definition) is 4. The van der Waals surface area contributed by atoms with Crippen LogP contribution in [0.15, 0.2) is 94.1 Å². The van der Waals surface area contributed by atoms with Gasteiger partial charge in [-0.15, -0.1) is 0 Å². The first kappa shape index (κ1) is 20.7. The van der Waals surface area contributed by atoms with Crippen LogP contribution in [0.2, 0.25) is 0 Å². The van der Waals surface area contributed by atoms with Crippen LogP contribution in [0.3, 0.4) is 0 Å². The Labute approximate surface area is 190 Å². The average molecular weight is 437 g/mol. The summed E-state index contributed by atoms with van der Waals surface area (Å²) in [6, 6.07) is 26.4. The molecule has 0 aliphatic carbocycles.